The van der Waals surface area contributed by atoms with E-state index in [9.17, 15) is 5.11 Å². The van der Waals surface area contributed by atoms with E-state index in [1.807, 2.05) is 22.6 Å². The molecule has 1 aromatic heterocycles. The Morgan fingerprint density at radius 3 is 2.75 bits per heavy atom. The zero-order valence-electron chi connectivity index (χ0n) is 5.84. The van der Waals surface area contributed by atoms with Crippen LogP contribution < -0.4 is 0 Å². The molecule has 1 unspecified atom stereocenters. The lowest BCUT2D eigenvalue weighted by Gasteiger charge is -2.07. The number of hydrogen-bond acceptors (Lipinski definition) is 3. The van der Waals surface area contributed by atoms with E-state index in [1.54, 1.807) is 0 Å². The van der Waals surface area contributed by atoms with Gasteiger partial charge in [-0.2, -0.15) is 0 Å². The Hall–Kier alpha value is 0.350. The van der Waals surface area contributed by atoms with Crippen LogP contribution in [0.5, 0.6) is 0 Å². The summed E-state index contributed by atoms with van der Waals surface area (Å²) in [6.45, 7) is 0. The summed E-state index contributed by atoms with van der Waals surface area (Å²) in [4.78, 5) is 7.41. The van der Waals surface area contributed by atoms with Gasteiger partial charge in [0.2, 0.25) is 5.28 Å². The van der Waals surface area contributed by atoms with E-state index in [2.05, 4.69) is 9.97 Å². The average molecular weight is 319 g/mol. The second kappa shape index (κ2) is 4.55. The molecule has 1 N–H and O–H groups in total. The van der Waals surface area contributed by atoms with Gasteiger partial charge in [0.25, 0.3) is 0 Å². The fraction of sp³-hybridized carbons (Fsp3) is 0.333. The van der Waals surface area contributed by atoms with Crippen molar-refractivity contribution in [2.45, 2.75) is 6.10 Å². The van der Waals surface area contributed by atoms with Crippen LogP contribution in [0.3, 0.4) is 0 Å². The van der Waals surface area contributed by atoms with Crippen molar-refractivity contribution in [3.05, 3.63) is 22.2 Å². The van der Waals surface area contributed by atoms with Crippen LogP contribution in [-0.4, -0.2) is 19.5 Å². The summed E-state index contributed by atoms with van der Waals surface area (Å²) in [6, 6.07) is 0. The molecule has 6 heteroatoms. The highest BCUT2D eigenvalue weighted by molar-refractivity contribution is 14.1. The molecule has 0 radical (unpaired) electrons. The minimum Gasteiger partial charge on any atom is -0.387 e. The number of nitrogens with zero attached hydrogens (tertiary/aromatic N) is 2. The van der Waals surface area contributed by atoms with Gasteiger partial charge in [-0.05, 0) is 11.6 Å². The summed E-state index contributed by atoms with van der Waals surface area (Å²) in [7, 11) is 0. The average Bonchev–Trinajstić information content (AvgIpc) is 2.03. The van der Waals surface area contributed by atoms with Crippen LogP contribution in [0.25, 0.3) is 0 Å². The zero-order valence-corrected chi connectivity index (χ0v) is 9.51. The fourth-order valence-electron chi connectivity index (χ4n) is 0.657. The number of rotatable bonds is 2. The van der Waals surface area contributed by atoms with Crippen LogP contribution in [0.4, 0.5) is 0 Å². The first-order chi connectivity index (χ1) is 5.65. The van der Waals surface area contributed by atoms with Gasteiger partial charge in [-0.15, -0.1) is 0 Å². The fourth-order valence-corrected chi connectivity index (χ4v) is 1.56. The zero-order chi connectivity index (χ0) is 9.14. The minimum atomic E-state index is -0.629. The molecule has 12 heavy (non-hydrogen) atoms. The third-order valence-corrected chi connectivity index (χ3v) is 2.56. The highest BCUT2D eigenvalue weighted by atomic mass is 127. The van der Waals surface area contributed by atoms with E-state index in [0.717, 1.165) is 0 Å². The third kappa shape index (κ3) is 2.42. The maximum Gasteiger partial charge on any atom is 0.223 e. The molecule has 0 amide bonds. The molecule has 0 aromatic carbocycles. The molecule has 0 saturated carbocycles. The Balaban J connectivity index is 3.01. The molecule has 0 aliphatic rings. The predicted molar refractivity (Wildman–Crippen MR) is 55.9 cm³/mol. The number of alkyl halides is 1. The van der Waals surface area contributed by atoms with Crippen molar-refractivity contribution >= 4 is 45.8 Å². The van der Waals surface area contributed by atoms with Gasteiger partial charge >= 0.3 is 0 Å². The smallest absolute Gasteiger partial charge is 0.223 e. The van der Waals surface area contributed by atoms with Crippen molar-refractivity contribution in [3.8, 4) is 0 Å². The molecule has 0 fully saturated rings. The van der Waals surface area contributed by atoms with E-state index >= 15 is 0 Å². The maximum absolute atomic E-state index is 9.39. The van der Waals surface area contributed by atoms with Crippen molar-refractivity contribution in [2.75, 3.05) is 4.43 Å². The minimum absolute atomic E-state index is 0.0874. The molecule has 0 aliphatic heterocycles. The number of aliphatic hydroxyl groups excluding tert-OH is 1. The van der Waals surface area contributed by atoms with Crippen LogP contribution >= 0.6 is 45.8 Å². The van der Waals surface area contributed by atoms with Gasteiger partial charge in [0.15, 0.2) is 0 Å². The summed E-state index contributed by atoms with van der Waals surface area (Å²) in [5.41, 5.74) is 0.510. The SMILES string of the molecule is OC(CI)c1cnc(Cl)nc1Cl. The summed E-state index contributed by atoms with van der Waals surface area (Å²) < 4.78 is 0.544. The maximum atomic E-state index is 9.39. The van der Waals surface area contributed by atoms with Crippen molar-refractivity contribution in [1.82, 2.24) is 9.97 Å². The highest BCUT2D eigenvalue weighted by Crippen LogP contribution is 2.22. The first-order valence-corrected chi connectivity index (χ1v) is 5.35. The Bertz CT molecular complexity index is 284. The number of hydrogen-bond donors (Lipinski definition) is 1. The quantitative estimate of drug-likeness (QED) is 0.394. The van der Waals surface area contributed by atoms with Gasteiger partial charge < -0.3 is 5.11 Å². The Morgan fingerprint density at radius 1 is 1.58 bits per heavy atom. The van der Waals surface area contributed by atoms with Crippen LogP contribution in [0, 0.1) is 0 Å². The van der Waals surface area contributed by atoms with E-state index in [1.165, 1.54) is 6.20 Å². The van der Waals surface area contributed by atoms with Crippen LogP contribution in [0.1, 0.15) is 11.7 Å². The van der Waals surface area contributed by atoms with E-state index < -0.39 is 6.10 Å². The van der Waals surface area contributed by atoms with Crippen LogP contribution in [0.15, 0.2) is 6.20 Å². The van der Waals surface area contributed by atoms with Crippen molar-refractivity contribution in [2.24, 2.45) is 0 Å². The molecule has 1 rings (SSSR count). The lowest BCUT2D eigenvalue weighted by atomic mass is 10.2. The lowest BCUT2D eigenvalue weighted by molar-refractivity contribution is 0.206. The largest absolute Gasteiger partial charge is 0.387 e. The topological polar surface area (TPSA) is 46.0 Å². The molecule has 0 bridgehead atoms. The van der Waals surface area contributed by atoms with E-state index in [4.69, 9.17) is 23.2 Å². The number of aromatic nitrogens is 2. The van der Waals surface area contributed by atoms with Gasteiger partial charge in [-0.3, -0.25) is 0 Å². The van der Waals surface area contributed by atoms with Crippen LogP contribution in [0.2, 0.25) is 10.4 Å². The highest BCUT2D eigenvalue weighted by Gasteiger charge is 2.11. The van der Waals surface area contributed by atoms with Crippen molar-refractivity contribution < 1.29 is 5.11 Å². The first-order valence-electron chi connectivity index (χ1n) is 3.07. The van der Waals surface area contributed by atoms with Gasteiger partial charge in [0.1, 0.15) is 5.15 Å². The number of halogens is 3. The summed E-state index contributed by atoms with van der Waals surface area (Å²) in [5, 5.41) is 9.68. The Labute approximate surface area is 93.3 Å². The Kier molecular flexibility index (Phi) is 3.95. The van der Waals surface area contributed by atoms with Gasteiger partial charge in [0.05, 0.1) is 6.10 Å². The van der Waals surface area contributed by atoms with Crippen molar-refractivity contribution in [3.63, 3.8) is 0 Å². The Morgan fingerprint density at radius 2 is 2.25 bits per heavy atom. The van der Waals surface area contributed by atoms with Gasteiger partial charge in [-0.25, -0.2) is 9.97 Å². The molecular formula is C6H5Cl2IN2O. The van der Waals surface area contributed by atoms with Crippen LogP contribution in [-0.2, 0) is 0 Å². The first kappa shape index (κ1) is 10.4. The van der Waals surface area contributed by atoms with E-state index in [0.29, 0.717) is 9.99 Å². The van der Waals surface area contributed by atoms with Gasteiger partial charge in [-0.1, -0.05) is 34.2 Å². The second-order valence-corrected chi connectivity index (χ2v) is 3.63. The number of aliphatic hydroxyl groups is 1. The molecule has 1 aromatic rings. The summed E-state index contributed by atoms with van der Waals surface area (Å²) in [6.07, 6.45) is 0.802. The normalized spacial score (nSPS) is 13.0. The molecule has 66 valence electrons. The van der Waals surface area contributed by atoms with Gasteiger partial charge in [0, 0.05) is 16.2 Å². The second-order valence-electron chi connectivity index (χ2n) is 2.06. The van der Waals surface area contributed by atoms with E-state index in [-0.39, 0.29) is 10.4 Å². The lowest BCUT2D eigenvalue weighted by Crippen LogP contribution is -2.01. The molecular weight excluding hydrogens is 314 g/mol. The molecule has 1 heterocycles. The molecule has 0 spiro atoms. The molecule has 0 aliphatic carbocycles. The monoisotopic (exact) mass is 318 g/mol. The molecule has 1 atom stereocenters. The van der Waals surface area contributed by atoms with Crippen molar-refractivity contribution in [1.29, 1.82) is 0 Å². The summed E-state index contributed by atoms with van der Waals surface area (Å²) in [5.74, 6) is 0. The predicted octanol–water partition coefficient (Wildman–Crippen LogP) is 2.25. The third-order valence-electron chi connectivity index (χ3n) is 1.24. The standard InChI is InChI=1S/C6H5Cl2IN2O/c7-5-3(4(12)1-9)2-10-6(8)11-5/h2,4,12H,1H2. The summed E-state index contributed by atoms with van der Waals surface area (Å²) >= 11 is 13.2. The molecule has 3 nitrogen and oxygen atoms in total. The molecule has 0 saturated heterocycles.